The van der Waals surface area contributed by atoms with Crippen LogP contribution in [0.5, 0.6) is 0 Å². The van der Waals surface area contributed by atoms with Crippen molar-refractivity contribution in [1.82, 2.24) is 20.4 Å². The normalized spacial score (nSPS) is 20.5. The number of ether oxygens (including phenoxy) is 1. The van der Waals surface area contributed by atoms with E-state index in [-0.39, 0.29) is 18.1 Å². The third-order valence-corrected chi connectivity index (χ3v) is 6.68. The molecule has 2 aliphatic rings. The Hall–Kier alpha value is -2.83. The third-order valence-electron chi connectivity index (χ3n) is 6.68. The molecule has 0 aromatic heterocycles. The summed E-state index contributed by atoms with van der Waals surface area (Å²) >= 11 is 0. The summed E-state index contributed by atoms with van der Waals surface area (Å²) in [6.07, 6.45) is 0.292. The van der Waals surface area contributed by atoms with Crippen LogP contribution in [0.15, 0.2) is 42.5 Å². The largest absolute Gasteiger partial charge is 0.367 e. The number of rotatable bonds is 7. The van der Waals surface area contributed by atoms with Gasteiger partial charge in [0.05, 0.1) is 6.07 Å². The SMILES string of the molecule is CN1CCN(Cc2ccc(-c3ccc(CC(C#N)NC(=O)C4CNCCCO4)c(F)c3)cc2)CC1. The second kappa shape index (κ2) is 12.2. The summed E-state index contributed by atoms with van der Waals surface area (Å²) < 4.78 is 20.5. The van der Waals surface area contributed by atoms with E-state index in [1.807, 2.05) is 18.2 Å². The van der Waals surface area contributed by atoms with Gasteiger partial charge in [-0.05, 0) is 48.3 Å². The highest BCUT2D eigenvalue weighted by molar-refractivity contribution is 5.81. The fourth-order valence-electron chi connectivity index (χ4n) is 4.46. The molecule has 2 fully saturated rings. The second-order valence-electron chi connectivity index (χ2n) is 9.39. The van der Waals surface area contributed by atoms with E-state index in [2.05, 4.69) is 45.7 Å². The van der Waals surface area contributed by atoms with Crippen molar-refractivity contribution in [1.29, 1.82) is 5.26 Å². The van der Waals surface area contributed by atoms with Crippen molar-refractivity contribution in [3.63, 3.8) is 0 Å². The van der Waals surface area contributed by atoms with Gasteiger partial charge in [-0.25, -0.2) is 4.39 Å². The van der Waals surface area contributed by atoms with Crippen LogP contribution in [-0.4, -0.2) is 80.8 Å². The lowest BCUT2D eigenvalue weighted by atomic mass is 9.99. The van der Waals surface area contributed by atoms with E-state index >= 15 is 0 Å². The number of likely N-dealkylation sites (N-methyl/N-ethyl adjacent to an activating group) is 1. The molecule has 8 heteroatoms. The molecule has 2 N–H and O–H groups in total. The van der Waals surface area contributed by atoms with Gasteiger partial charge in [0.2, 0.25) is 0 Å². The van der Waals surface area contributed by atoms with Crippen LogP contribution >= 0.6 is 0 Å². The summed E-state index contributed by atoms with van der Waals surface area (Å²) in [4.78, 5) is 17.3. The van der Waals surface area contributed by atoms with Gasteiger partial charge in [-0.1, -0.05) is 36.4 Å². The lowest BCUT2D eigenvalue weighted by molar-refractivity contribution is -0.132. The van der Waals surface area contributed by atoms with Crippen LogP contribution in [0.1, 0.15) is 17.5 Å². The van der Waals surface area contributed by atoms with E-state index in [0.717, 1.165) is 56.8 Å². The van der Waals surface area contributed by atoms with E-state index in [1.54, 1.807) is 6.07 Å². The lowest BCUT2D eigenvalue weighted by Gasteiger charge is -2.32. The van der Waals surface area contributed by atoms with Crippen LogP contribution < -0.4 is 10.6 Å². The van der Waals surface area contributed by atoms with E-state index in [1.165, 1.54) is 11.6 Å². The molecule has 2 aliphatic heterocycles. The minimum absolute atomic E-state index is 0.0957. The molecule has 2 saturated heterocycles. The van der Waals surface area contributed by atoms with Gasteiger partial charge in [0.15, 0.2) is 0 Å². The second-order valence-corrected chi connectivity index (χ2v) is 9.39. The zero-order valence-corrected chi connectivity index (χ0v) is 20.3. The first-order valence-corrected chi connectivity index (χ1v) is 12.3. The Morgan fingerprint density at radius 1 is 1.20 bits per heavy atom. The van der Waals surface area contributed by atoms with E-state index < -0.39 is 12.1 Å². The van der Waals surface area contributed by atoms with Crippen molar-refractivity contribution in [2.45, 2.75) is 31.5 Å². The van der Waals surface area contributed by atoms with E-state index in [4.69, 9.17) is 4.74 Å². The molecule has 2 atom stereocenters. The summed E-state index contributed by atoms with van der Waals surface area (Å²) in [7, 11) is 2.15. The molecular formula is C27H34FN5O2. The standard InChI is InChI=1S/C27H34FN5O2/c1-32-10-12-33(13-11-32)19-20-3-5-21(6-4-20)22-7-8-23(25(28)16-22)15-24(17-29)31-27(34)26-18-30-9-2-14-35-26/h3-8,16,24,26,30H,2,9-15,18-19H2,1H3,(H,31,34). The number of nitriles is 1. The van der Waals surface area contributed by atoms with Gasteiger partial charge < -0.3 is 20.3 Å². The predicted octanol–water partition coefficient (Wildman–Crippen LogP) is 2.17. The van der Waals surface area contributed by atoms with Crippen LogP contribution in [0.25, 0.3) is 11.1 Å². The number of carbonyl (C=O) groups is 1. The molecule has 0 bridgehead atoms. The monoisotopic (exact) mass is 479 g/mol. The van der Waals surface area contributed by atoms with Crippen LogP contribution in [0.4, 0.5) is 4.39 Å². The summed E-state index contributed by atoms with van der Waals surface area (Å²) in [5.74, 6) is -0.731. The van der Waals surface area contributed by atoms with Crippen molar-refractivity contribution in [2.75, 3.05) is 52.9 Å². The van der Waals surface area contributed by atoms with Crippen LogP contribution in [0.3, 0.4) is 0 Å². The minimum atomic E-state index is -0.830. The topological polar surface area (TPSA) is 80.6 Å². The van der Waals surface area contributed by atoms with Crippen molar-refractivity contribution < 1.29 is 13.9 Å². The number of benzene rings is 2. The minimum Gasteiger partial charge on any atom is -0.367 e. The Labute approximate surface area is 206 Å². The number of nitrogens with zero attached hydrogens (tertiary/aromatic N) is 3. The van der Waals surface area contributed by atoms with Crippen molar-refractivity contribution >= 4 is 5.91 Å². The zero-order valence-electron chi connectivity index (χ0n) is 20.3. The molecule has 35 heavy (non-hydrogen) atoms. The number of halogens is 1. The van der Waals surface area contributed by atoms with Crippen molar-refractivity contribution in [3.05, 3.63) is 59.4 Å². The molecule has 0 spiro atoms. The Morgan fingerprint density at radius 2 is 1.94 bits per heavy atom. The van der Waals surface area contributed by atoms with Gasteiger partial charge in [-0.3, -0.25) is 9.69 Å². The maximum atomic E-state index is 14.9. The highest BCUT2D eigenvalue weighted by atomic mass is 19.1. The number of carbonyl (C=O) groups excluding carboxylic acids is 1. The maximum absolute atomic E-state index is 14.9. The lowest BCUT2D eigenvalue weighted by Crippen LogP contribution is -2.46. The summed E-state index contributed by atoms with van der Waals surface area (Å²) in [6.45, 7) is 6.93. The molecule has 0 radical (unpaired) electrons. The smallest absolute Gasteiger partial charge is 0.251 e. The number of amides is 1. The van der Waals surface area contributed by atoms with Crippen LogP contribution in [0, 0.1) is 17.1 Å². The fraction of sp³-hybridized carbons (Fsp3) is 0.481. The molecule has 0 saturated carbocycles. The van der Waals surface area contributed by atoms with Gasteiger partial charge in [0, 0.05) is 52.3 Å². The summed E-state index contributed by atoms with van der Waals surface area (Å²) in [5.41, 5.74) is 3.37. The van der Waals surface area contributed by atoms with Gasteiger partial charge in [0.1, 0.15) is 18.0 Å². The van der Waals surface area contributed by atoms with Crippen molar-refractivity contribution in [3.8, 4) is 17.2 Å². The molecule has 0 aliphatic carbocycles. The first kappa shape index (κ1) is 25.3. The molecular weight excluding hydrogens is 445 g/mol. The average molecular weight is 480 g/mol. The number of hydrogen-bond donors (Lipinski definition) is 2. The van der Waals surface area contributed by atoms with Gasteiger partial charge in [-0.2, -0.15) is 5.26 Å². The molecule has 7 nitrogen and oxygen atoms in total. The molecule has 2 unspecified atom stereocenters. The number of hydrogen-bond acceptors (Lipinski definition) is 6. The van der Waals surface area contributed by atoms with Gasteiger partial charge >= 0.3 is 0 Å². The molecule has 2 heterocycles. The Morgan fingerprint density at radius 3 is 2.66 bits per heavy atom. The number of piperazine rings is 1. The average Bonchev–Trinajstić information content (AvgIpc) is 3.16. The Kier molecular flexibility index (Phi) is 8.83. The van der Waals surface area contributed by atoms with E-state index in [0.29, 0.717) is 18.7 Å². The third kappa shape index (κ3) is 7.09. The maximum Gasteiger partial charge on any atom is 0.251 e. The highest BCUT2D eigenvalue weighted by Gasteiger charge is 2.24. The Balaban J connectivity index is 1.35. The van der Waals surface area contributed by atoms with E-state index in [9.17, 15) is 14.4 Å². The molecule has 1 amide bonds. The Bertz CT molecular complexity index is 1020. The molecule has 2 aromatic carbocycles. The first-order valence-electron chi connectivity index (χ1n) is 12.3. The number of nitrogens with one attached hydrogen (secondary N) is 2. The predicted molar refractivity (Wildman–Crippen MR) is 133 cm³/mol. The molecule has 4 rings (SSSR count). The molecule has 186 valence electrons. The van der Waals surface area contributed by atoms with Crippen molar-refractivity contribution in [2.24, 2.45) is 0 Å². The molecule has 2 aromatic rings. The zero-order chi connectivity index (χ0) is 24.6. The first-order chi connectivity index (χ1) is 17.0. The fourth-order valence-corrected chi connectivity index (χ4v) is 4.46. The van der Waals surface area contributed by atoms with Gasteiger partial charge in [-0.15, -0.1) is 0 Å². The van der Waals surface area contributed by atoms with Crippen LogP contribution in [0.2, 0.25) is 0 Å². The summed E-state index contributed by atoms with van der Waals surface area (Å²) in [6, 6.07) is 14.6. The summed E-state index contributed by atoms with van der Waals surface area (Å²) in [5, 5.41) is 15.4. The van der Waals surface area contributed by atoms with Crippen LogP contribution in [-0.2, 0) is 22.5 Å². The highest BCUT2D eigenvalue weighted by Crippen LogP contribution is 2.24. The quantitative estimate of drug-likeness (QED) is 0.634. The van der Waals surface area contributed by atoms with Gasteiger partial charge in [0.25, 0.3) is 5.91 Å².